The number of anilines is 1. The van der Waals surface area contributed by atoms with Gasteiger partial charge in [-0.15, -0.1) is 0 Å². The van der Waals surface area contributed by atoms with Crippen molar-refractivity contribution in [2.24, 2.45) is 0 Å². The fourth-order valence-corrected chi connectivity index (χ4v) is 2.62. The number of methoxy groups -OCH3 is 1. The number of halogens is 2. The largest absolute Gasteiger partial charge is 0.496 e. The van der Waals surface area contributed by atoms with E-state index in [0.29, 0.717) is 17.3 Å². The predicted octanol–water partition coefficient (Wildman–Crippen LogP) is 4.57. The molecule has 0 saturated heterocycles. The summed E-state index contributed by atoms with van der Waals surface area (Å²) in [6, 6.07) is 11.2. The summed E-state index contributed by atoms with van der Waals surface area (Å²) in [5.41, 5.74) is 2.69. The van der Waals surface area contributed by atoms with Gasteiger partial charge >= 0.3 is 0 Å². The second-order valence-corrected chi connectivity index (χ2v) is 6.06. The first kappa shape index (κ1) is 16.1. The maximum absolute atomic E-state index is 10.4. The molecule has 0 spiro atoms. The molecule has 2 aromatic rings. The zero-order chi connectivity index (χ0) is 15.4. The molecule has 0 aliphatic rings. The van der Waals surface area contributed by atoms with E-state index in [1.165, 1.54) is 0 Å². The number of ether oxygens (including phenoxy) is 1. The van der Waals surface area contributed by atoms with Crippen LogP contribution in [0.25, 0.3) is 0 Å². The molecule has 0 radical (unpaired) electrons. The van der Waals surface area contributed by atoms with Crippen molar-refractivity contribution < 1.29 is 9.84 Å². The summed E-state index contributed by atoms with van der Waals surface area (Å²) in [6.07, 6.45) is -0.675. The predicted molar refractivity (Wildman–Crippen MR) is 90.3 cm³/mol. The van der Waals surface area contributed by atoms with Crippen LogP contribution in [0.15, 0.2) is 40.9 Å². The van der Waals surface area contributed by atoms with Crippen LogP contribution in [-0.2, 0) is 0 Å². The average molecular weight is 371 g/mol. The number of aliphatic hydroxyl groups is 1. The van der Waals surface area contributed by atoms with Crippen LogP contribution in [0.5, 0.6) is 5.75 Å². The van der Waals surface area contributed by atoms with Gasteiger partial charge in [-0.25, -0.2) is 0 Å². The Kier molecular flexibility index (Phi) is 5.51. The van der Waals surface area contributed by atoms with Crippen molar-refractivity contribution in [2.45, 2.75) is 13.0 Å². The summed E-state index contributed by atoms with van der Waals surface area (Å²) in [6.45, 7) is 2.34. The molecule has 5 heteroatoms. The van der Waals surface area contributed by atoms with E-state index in [0.717, 1.165) is 21.3 Å². The standard InChI is InChI=1S/C16H17BrClNO2/c1-10-3-6-16(21-2)12(7-10)15(20)9-19-14-8-11(18)4-5-13(14)17/h3-8,15,19-20H,9H2,1-2H3. The second-order valence-electron chi connectivity index (χ2n) is 4.77. The Morgan fingerprint density at radius 1 is 1.29 bits per heavy atom. The molecule has 0 aromatic heterocycles. The highest BCUT2D eigenvalue weighted by Crippen LogP contribution is 2.29. The number of hydrogen-bond donors (Lipinski definition) is 2. The van der Waals surface area contributed by atoms with Gasteiger partial charge in [0.25, 0.3) is 0 Å². The van der Waals surface area contributed by atoms with E-state index in [1.807, 2.05) is 37.3 Å². The van der Waals surface area contributed by atoms with E-state index in [-0.39, 0.29) is 0 Å². The number of aliphatic hydroxyl groups excluding tert-OH is 1. The quantitative estimate of drug-likeness (QED) is 0.810. The van der Waals surface area contributed by atoms with Crippen LogP contribution in [0.1, 0.15) is 17.2 Å². The van der Waals surface area contributed by atoms with Gasteiger partial charge in [-0.05, 0) is 53.2 Å². The summed E-state index contributed by atoms with van der Waals surface area (Å²) in [4.78, 5) is 0. The Morgan fingerprint density at radius 2 is 2.05 bits per heavy atom. The van der Waals surface area contributed by atoms with Crippen LogP contribution in [0.2, 0.25) is 5.02 Å². The molecule has 0 heterocycles. The fraction of sp³-hybridized carbons (Fsp3) is 0.250. The average Bonchev–Trinajstić information content (AvgIpc) is 2.47. The van der Waals surface area contributed by atoms with Crippen LogP contribution >= 0.6 is 27.5 Å². The molecule has 0 fully saturated rings. The molecule has 1 atom stereocenters. The summed E-state index contributed by atoms with van der Waals surface area (Å²) >= 11 is 9.42. The molecule has 21 heavy (non-hydrogen) atoms. The smallest absolute Gasteiger partial charge is 0.124 e. The van der Waals surface area contributed by atoms with Gasteiger partial charge in [0.15, 0.2) is 0 Å². The Bertz CT molecular complexity index is 634. The van der Waals surface area contributed by atoms with Crippen LogP contribution in [-0.4, -0.2) is 18.8 Å². The van der Waals surface area contributed by atoms with Crippen LogP contribution in [0.4, 0.5) is 5.69 Å². The van der Waals surface area contributed by atoms with E-state index < -0.39 is 6.10 Å². The van der Waals surface area contributed by atoms with Crippen molar-refractivity contribution in [1.82, 2.24) is 0 Å². The maximum Gasteiger partial charge on any atom is 0.124 e. The molecular weight excluding hydrogens is 354 g/mol. The highest BCUT2D eigenvalue weighted by molar-refractivity contribution is 9.10. The molecule has 0 aliphatic carbocycles. The molecule has 2 rings (SSSR count). The van der Waals surface area contributed by atoms with E-state index in [4.69, 9.17) is 16.3 Å². The molecule has 1 unspecified atom stereocenters. The third-order valence-electron chi connectivity index (χ3n) is 3.16. The molecule has 0 amide bonds. The van der Waals surface area contributed by atoms with Crippen molar-refractivity contribution in [1.29, 1.82) is 0 Å². The highest BCUT2D eigenvalue weighted by Gasteiger charge is 2.14. The highest BCUT2D eigenvalue weighted by atomic mass is 79.9. The topological polar surface area (TPSA) is 41.5 Å². The van der Waals surface area contributed by atoms with E-state index in [2.05, 4.69) is 21.2 Å². The number of rotatable bonds is 5. The summed E-state index contributed by atoms with van der Waals surface area (Å²) in [5, 5.41) is 14.2. The molecule has 0 aliphatic heterocycles. The minimum atomic E-state index is -0.675. The minimum absolute atomic E-state index is 0.360. The van der Waals surface area contributed by atoms with Crippen LogP contribution < -0.4 is 10.1 Å². The van der Waals surface area contributed by atoms with Gasteiger partial charge in [0.1, 0.15) is 5.75 Å². The van der Waals surface area contributed by atoms with Crippen LogP contribution in [0.3, 0.4) is 0 Å². The second kappa shape index (κ2) is 7.16. The molecule has 2 N–H and O–H groups in total. The summed E-state index contributed by atoms with van der Waals surface area (Å²) in [7, 11) is 1.60. The van der Waals surface area contributed by atoms with Crippen molar-refractivity contribution in [3.63, 3.8) is 0 Å². The lowest BCUT2D eigenvalue weighted by molar-refractivity contribution is 0.187. The summed E-state index contributed by atoms with van der Waals surface area (Å²) < 4.78 is 6.20. The van der Waals surface area contributed by atoms with Crippen molar-refractivity contribution >= 4 is 33.2 Å². The third-order valence-corrected chi connectivity index (χ3v) is 4.09. The first-order valence-corrected chi connectivity index (χ1v) is 7.70. The van der Waals surface area contributed by atoms with E-state index in [1.54, 1.807) is 13.2 Å². The van der Waals surface area contributed by atoms with Gasteiger partial charge in [0.2, 0.25) is 0 Å². The number of nitrogens with one attached hydrogen (secondary N) is 1. The third kappa shape index (κ3) is 4.13. The number of benzene rings is 2. The molecular formula is C16H17BrClNO2. The van der Waals surface area contributed by atoms with E-state index in [9.17, 15) is 5.11 Å². The Labute approximate surface area is 138 Å². The fourth-order valence-electron chi connectivity index (χ4n) is 2.06. The minimum Gasteiger partial charge on any atom is -0.496 e. The first-order chi connectivity index (χ1) is 10.0. The lowest BCUT2D eigenvalue weighted by atomic mass is 10.1. The molecule has 2 aromatic carbocycles. The lowest BCUT2D eigenvalue weighted by Crippen LogP contribution is -2.13. The van der Waals surface area contributed by atoms with Gasteiger partial charge in [0.05, 0.1) is 18.9 Å². The van der Waals surface area contributed by atoms with Crippen LogP contribution in [0, 0.1) is 6.92 Å². The van der Waals surface area contributed by atoms with E-state index >= 15 is 0 Å². The van der Waals surface area contributed by atoms with Crippen molar-refractivity contribution in [3.05, 3.63) is 57.0 Å². The summed E-state index contributed by atoms with van der Waals surface area (Å²) in [5.74, 6) is 0.681. The van der Waals surface area contributed by atoms with Gasteiger partial charge in [-0.2, -0.15) is 0 Å². The Morgan fingerprint density at radius 3 is 2.76 bits per heavy atom. The van der Waals surface area contributed by atoms with Crippen molar-refractivity contribution in [2.75, 3.05) is 19.0 Å². The van der Waals surface area contributed by atoms with Gasteiger partial charge in [-0.3, -0.25) is 0 Å². The SMILES string of the molecule is COc1ccc(C)cc1C(O)CNc1cc(Cl)ccc1Br. The zero-order valence-corrected chi connectivity index (χ0v) is 14.2. The molecule has 0 bridgehead atoms. The van der Waals surface area contributed by atoms with Gasteiger partial charge < -0.3 is 15.2 Å². The number of aryl methyl sites for hydroxylation is 1. The van der Waals surface area contributed by atoms with Crippen molar-refractivity contribution in [3.8, 4) is 5.75 Å². The zero-order valence-electron chi connectivity index (χ0n) is 11.9. The molecule has 3 nitrogen and oxygen atoms in total. The maximum atomic E-state index is 10.4. The molecule has 0 saturated carbocycles. The number of hydrogen-bond acceptors (Lipinski definition) is 3. The normalized spacial score (nSPS) is 12.0. The van der Waals surface area contributed by atoms with Gasteiger partial charge in [-0.1, -0.05) is 23.2 Å². The Balaban J connectivity index is 2.13. The Hall–Kier alpha value is -1.23. The van der Waals surface area contributed by atoms with Gasteiger partial charge in [0, 0.05) is 21.6 Å². The molecule has 112 valence electrons. The monoisotopic (exact) mass is 369 g/mol. The lowest BCUT2D eigenvalue weighted by Gasteiger charge is -2.17. The first-order valence-electron chi connectivity index (χ1n) is 6.53.